The molecule has 140 valence electrons. The highest BCUT2D eigenvalue weighted by atomic mass is 19.4. The fourth-order valence-electron chi connectivity index (χ4n) is 2.50. The van der Waals surface area contributed by atoms with Crippen molar-refractivity contribution < 1.29 is 18.0 Å². The number of nitrogens with zero attached hydrogens (tertiary/aromatic N) is 2. The largest absolute Gasteiger partial charge is 0.418 e. The molecular formula is C20H13F3N4O. The number of halogens is 3. The minimum absolute atomic E-state index is 0.0118. The van der Waals surface area contributed by atoms with Crippen molar-refractivity contribution in [3.8, 4) is 6.07 Å². The van der Waals surface area contributed by atoms with Gasteiger partial charge in [0.25, 0.3) is 5.91 Å². The summed E-state index contributed by atoms with van der Waals surface area (Å²) in [7, 11) is 0. The molecule has 28 heavy (non-hydrogen) atoms. The topological polar surface area (TPSA) is 77.8 Å². The molecule has 1 aromatic heterocycles. The van der Waals surface area contributed by atoms with Crippen molar-refractivity contribution in [1.29, 1.82) is 5.26 Å². The lowest BCUT2D eigenvalue weighted by molar-refractivity contribution is -0.136. The summed E-state index contributed by atoms with van der Waals surface area (Å²) in [5.74, 6) is -0.588. The number of carbonyl (C=O) groups is 1. The Labute approximate surface area is 158 Å². The predicted molar refractivity (Wildman–Crippen MR) is 98.1 cm³/mol. The monoisotopic (exact) mass is 382 g/mol. The van der Waals surface area contributed by atoms with E-state index in [1.807, 2.05) is 6.07 Å². The van der Waals surface area contributed by atoms with E-state index in [1.54, 1.807) is 24.3 Å². The number of aromatic nitrogens is 1. The summed E-state index contributed by atoms with van der Waals surface area (Å²) < 4.78 is 39.4. The van der Waals surface area contributed by atoms with Gasteiger partial charge in [0.15, 0.2) is 0 Å². The summed E-state index contributed by atoms with van der Waals surface area (Å²) in [6.07, 6.45) is -3.21. The Balaban J connectivity index is 1.84. The number of alkyl halides is 3. The summed E-state index contributed by atoms with van der Waals surface area (Å²) in [4.78, 5) is 16.4. The molecule has 1 amide bonds. The molecule has 0 saturated carbocycles. The third-order valence-electron chi connectivity index (χ3n) is 3.80. The molecule has 8 heteroatoms. The standard InChI is InChI=1S/C20H13F3N4O/c21-20(22,23)15-6-2-4-8-17(15)26-14-9-10-25-18(11-14)19(28)27-16-7-3-1-5-13(16)12-24/h1-11H,(H,25,26)(H,27,28). The molecule has 0 spiro atoms. The molecule has 0 aliphatic heterocycles. The Morgan fingerprint density at radius 1 is 1.00 bits per heavy atom. The van der Waals surface area contributed by atoms with E-state index in [-0.39, 0.29) is 22.6 Å². The SMILES string of the molecule is N#Cc1ccccc1NC(=O)c1cc(Nc2ccccc2C(F)(F)F)ccn1. The molecule has 0 fully saturated rings. The van der Waals surface area contributed by atoms with E-state index in [1.165, 1.54) is 36.5 Å². The van der Waals surface area contributed by atoms with Crippen LogP contribution in [0.4, 0.5) is 30.2 Å². The number of hydrogen-bond donors (Lipinski definition) is 2. The van der Waals surface area contributed by atoms with Gasteiger partial charge in [0.05, 0.1) is 22.5 Å². The van der Waals surface area contributed by atoms with Gasteiger partial charge in [-0.1, -0.05) is 24.3 Å². The van der Waals surface area contributed by atoms with Crippen LogP contribution >= 0.6 is 0 Å². The molecule has 0 bridgehead atoms. The Morgan fingerprint density at radius 2 is 1.68 bits per heavy atom. The Bertz CT molecular complexity index is 1060. The molecule has 0 unspecified atom stereocenters. The molecule has 0 aliphatic carbocycles. The van der Waals surface area contributed by atoms with E-state index < -0.39 is 17.6 Å². The second-order valence-electron chi connectivity index (χ2n) is 5.71. The zero-order valence-corrected chi connectivity index (χ0v) is 14.3. The Morgan fingerprint density at radius 3 is 2.39 bits per heavy atom. The first kappa shape index (κ1) is 18.9. The lowest BCUT2D eigenvalue weighted by Crippen LogP contribution is -2.15. The fourth-order valence-corrected chi connectivity index (χ4v) is 2.50. The van der Waals surface area contributed by atoms with Crippen molar-refractivity contribution in [2.24, 2.45) is 0 Å². The molecule has 3 aromatic rings. The number of anilines is 3. The molecular weight excluding hydrogens is 369 g/mol. The first-order valence-corrected chi connectivity index (χ1v) is 8.08. The van der Waals surface area contributed by atoms with Crippen molar-refractivity contribution in [3.05, 3.63) is 83.7 Å². The quantitative estimate of drug-likeness (QED) is 0.668. The average Bonchev–Trinajstić information content (AvgIpc) is 2.68. The summed E-state index contributed by atoms with van der Waals surface area (Å²) in [5.41, 5.74) is -0.0994. The van der Waals surface area contributed by atoms with Gasteiger partial charge < -0.3 is 10.6 Å². The zero-order chi connectivity index (χ0) is 20.1. The van der Waals surface area contributed by atoms with Crippen LogP contribution in [0.1, 0.15) is 21.6 Å². The summed E-state index contributed by atoms with van der Waals surface area (Å²) in [6, 6.07) is 16.2. The minimum Gasteiger partial charge on any atom is -0.355 e. The summed E-state index contributed by atoms with van der Waals surface area (Å²) >= 11 is 0. The lowest BCUT2D eigenvalue weighted by Gasteiger charge is -2.14. The molecule has 2 N–H and O–H groups in total. The van der Waals surface area contributed by atoms with Crippen molar-refractivity contribution in [3.63, 3.8) is 0 Å². The number of pyridine rings is 1. The van der Waals surface area contributed by atoms with E-state index in [9.17, 15) is 18.0 Å². The first-order valence-electron chi connectivity index (χ1n) is 8.08. The van der Waals surface area contributed by atoms with Crippen LogP contribution in [0.2, 0.25) is 0 Å². The van der Waals surface area contributed by atoms with Crippen molar-refractivity contribution in [2.45, 2.75) is 6.18 Å². The number of carbonyl (C=O) groups excluding carboxylic acids is 1. The minimum atomic E-state index is -4.52. The van der Waals surface area contributed by atoms with E-state index in [0.29, 0.717) is 5.69 Å². The highest BCUT2D eigenvalue weighted by molar-refractivity contribution is 6.04. The lowest BCUT2D eigenvalue weighted by atomic mass is 10.1. The maximum atomic E-state index is 13.1. The smallest absolute Gasteiger partial charge is 0.355 e. The van der Waals surface area contributed by atoms with Gasteiger partial charge in [0.2, 0.25) is 0 Å². The Hall–Kier alpha value is -3.86. The number of para-hydroxylation sites is 2. The van der Waals surface area contributed by atoms with E-state index >= 15 is 0 Å². The van der Waals surface area contributed by atoms with Gasteiger partial charge in [-0.05, 0) is 36.4 Å². The van der Waals surface area contributed by atoms with Gasteiger partial charge in [-0.3, -0.25) is 9.78 Å². The molecule has 0 atom stereocenters. The molecule has 0 saturated heterocycles. The van der Waals surface area contributed by atoms with Gasteiger partial charge in [-0.15, -0.1) is 0 Å². The normalized spacial score (nSPS) is 10.8. The Kier molecular flexibility index (Phi) is 5.27. The fraction of sp³-hybridized carbons (Fsp3) is 0.0500. The maximum Gasteiger partial charge on any atom is 0.418 e. The molecule has 0 aliphatic rings. The number of nitriles is 1. The second kappa shape index (κ2) is 7.80. The van der Waals surface area contributed by atoms with Crippen LogP contribution in [0.15, 0.2) is 66.9 Å². The highest BCUT2D eigenvalue weighted by Crippen LogP contribution is 2.35. The number of benzene rings is 2. The van der Waals surface area contributed by atoms with Gasteiger partial charge in [0, 0.05) is 11.9 Å². The number of amides is 1. The van der Waals surface area contributed by atoms with Crippen LogP contribution in [-0.2, 0) is 6.18 Å². The predicted octanol–water partition coefficient (Wildman–Crippen LogP) is 4.97. The van der Waals surface area contributed by atoms with E-state index in [0.717, 1.165) is 6.07 Å². The van der Waals surface area contributed by atoms with Crippen molar-refractivity contribution in [1.82, 2.24) is 4.98 Å². The van der Waals surface area contributed by atoms with Crippen LogP contribution in [0.25, 0.3) is 0 Å². The van der Waals surface area contributed by atoms with Crippen LogP contribution in [-0.4, -0.2) is 10.9 Å². The van der Waals surface area contributed by atoms with Crippen molar-refractivity contribution in [2.75, 3.05) is 10.6 Å². The third-order valence-corrected chi connectivity index (χ3v) is 3.80. The van der Waals surface area contributed by atoms with E-state index in [2.05, 4.69) is 15.6 Å². The zero-order valence-electron chi connectivity index (χ0n) is 14.3. The number of nitrogens with one attached hydrogen (secondary N) is 2. The van der Waals surface area contributed by atoms with Crippen molar-refractivity contribution >= 4 is 23.0 Å². The van der Waals surface area contributed by atoms with E-state index in [4.69, 9.17) is 5.26 Å². The van der Waals surface area contributed by atoms with Crippen LogP contribution in [0, 0.1) is 11.3 Å². The summed E-state index contributed by atoms with van der Waals surface area (Å²) in [5, 5.41) is 14.3. The molecule has 2 aromatic carbocycles. The molecule has 1 heterocycles. The number of rotatable bonds is 4. The molecule has 3 rings (SSSR count). The van der Waals surface area contributed by atoms with Crippen LogP contribution in [0.3, 0.4) is 0 Å². The molecule has 0 radical (unpaired) electrons. The highest BCUT2D eigenvalue weighted by Gasteiger charge is 2.33. The van der Waals surface area contributed by atoms with Crippen LogP contribution < -0.4 is 10.6 Å². The van der Waals surface area contributed by atoms with Gasteiger partial charge >= 0.3 is 6.18 Å². The maximum absolute atomic E-state index is 13.1. The van der Waals surface area contributed by atoms with Gasteiger partial charge in [-0.25, -0.2) is 0 Å². The average molecular weight is 382 g/mol. The number of hydrogen-bond acceptors (Lipinski definition) is 4. The van der Waals surface area contributed by atoms with Gasteiger partial charge in [-0.2, -0.15) is 18.4 Å². The van der Waals surface area contributed by atoms with Crippen LogP contribution in [0.5, 0.6) is 0 Å². The van der Waals surface area contributed by atoms with Gasteiger partial charge in [0.1, 0.15) is 11.8 Å². The summed E-state index contributed by atoms with van der Waals surface area (Å²) in [6.45, 7) is 0. The first-order chi connectivity index (χ1) is 13.4. The third kappa shape index (κ3) is 4.27. The second-order valence-corrected chi connectivity index (χ2v) is 5.71. The molecule has 5 nitrogen and oxygen atoms in total.